The van der Waals surface area contributed by atoms with Crippen molar-refractivity contribution in [2.75, 3.05) is 26.2 Å². The standard InChI is InChI=1S/C24H27NO3/c26-20-5-7-22-19(12-20)16-24(23(22)27)14-17-4-6-21(13-18(17)15-24)28-11-10-25-8-2-1-3-9-25/h4-7,12-13,26H,1-3,8-11,14-16H2. The Morgan fingerprint density at radius 3 is 2.57 bits per heavy atom. The lowest BCUT2D eigenvalue weighted by atomic mass is 9.81. The molecular formula is C24H27NO3. The highest BCUT2D eigenvalue weighted by molar-refractivity contribution is 6.05. The van der Waals surface area contributed by atoms with Gasteiger partial charge in [-0.05, 0) is 92.2 Å². The van der Waals surface area contributed by atoms with Crippen molar-refractivity contribution in [3.05, 3.63) is 58.7 Å². The highest BCUT2D eigenvalue weighted by atomic mass is 16.5. The first kappa shape index (κ1) is 17.7. The molecule has 146 valence electrons. The van der Waals surface area contributed by atoms with Crippen molar-refractivity contribution in [2.24, 2.45) is 5.41 Å². The topological polar surface area (TPSA) is 49.8 Å². The number of hydrogen-bond donors (Lipinski definition) is 1. The second kappa shape index (κ2) is 6.93. The first-order valence-electron chi connectivity index (χ1n) is 10.5. The van der Waals surface area contributed by atoms with Gasteiger partial charge < -0.3 is 9.84 Å². The first-order valence-corrected chi connectivity index (χ1v) is 10.5. The Morgan fingerprint density at radius 1 is 0.929 bits per heavy atom. The average molecular weight is 377 g/mol. The number of nitrogens with zero attached hydrogens (tertiary/aromatic N) is 1. The molecule has 1 N–H and O–H groups in total. The number of carbonyl (C=O) groups excluding carboxylic acids is 1. The molecular weight excluding hydrogens is 350 g/mol. The fraction of sp³-hybridized carbons (Fsp3) is 0.458. The van der Waals surface area contributed by atoms with Crippen LogP contribution in [0.2, 0.25) is 0 Å². The van der Waals surface area contributed by atoms with Gasteiger partial charge in [0.15, 0.2) is 5.78 Å². The van der Waals surface area contributed by atoms with E-state index in [4.69, 9.17) is 4.74 Å². The first-order chi connectivity index (χ1) is 13.6. The number of aromatic hydroxyl groups is 1. The van der Waals surface area contributed by atoms with Crippen molar-refractivity contribution in [3.8, 4) is 11.5 Å². The smallest absolute Gasteiger partial charge is 0.170 e. The van der Waals surface area contributed by atoms with Crippen LogP contribution in [0.3, 0.4) is 0 Å². The number of hydrogen-bond acceptors (Lipinski definition) is 4. The molecule has 0 radical (unpaired) electrons. The molecule has 1 saturated heterocycles. The minimum atomic E-state index is -0.370. The van der Waals surface area contributed by atoms with Gasteiger partial charge in [-0.2, -0.15) is 0 Å². The molecule has 0 aromatic heterocycles. The minimum absolute atomic E-state index is 0.228. The largest absolute Gasteiger partial charge is 0.508 e. The molecule has 3 aliphatic rings. The van der Waals surface area contributed by atoms with E-state index in [9.17, 15) is 9.90 Å². The van der Waals surface area contributed by atoms with Gasteiger partial charge >= 0.3 is 0 Å². The van der Waals surface area contributed by atoms with E-state index in [1.165, 1.54) is 43.5 Å². The zero-order chi connectivity index (χ0) is 19.1. The maximum absolute atomic E-state index is 13.1. The number of piperidine rings is 1. The number of benzene rings is 2. The van der Waals surface area contributed by atoms with Crippen LogP contribution in [0.5, 0.6) is 11.5 Å². The number of rotatable bonds is 4. The van der Waals surface area contributed by atoms with Gasteiger partial charge in [-0.3, -0.25) is 9.69 Å². The molecule has 1 unspecified atom stereocenters. The van der Waals surface area contributed by atoms with E-state index in [2.05, 4.69) is 17.0 Å². The summed E-state index contributed by atoms with van der Waals surface area (Å²) in [5.74, 6) is 1.38. The quantitative estimate of drug-likeness (QED) is 0.881. The number of phenolic OH excluding ortho intramolecular Hbond substituents is 1. The van der Waals surface area contributed by atoms with Crippen LogP contribution in [-0.2, 0) is 19.3 Å². The summed E-state index contributed by atoms with van der Waals surface area (Å²) >= 11 is 0. The number of carbonyl (C=O) groups is 1. The molecule has 1 spiro atoms. The monoisotopic (exact) mass is 377 g/mol. The van der Waals surface area contributed by atoms with E-state index in [0.29, 0.717) is 6.61 Å². The molecule has 1 atom stereocenters. The van der Waals surface area contributed by atoms with E-state index in [1.54, 1.807) is 18.2 Å². The van der Waals surface area contributed by atoms with Crippen LogP contribution in [0.15, 0.2) is 36.4 Å². The molecule has 4 heteroatoms. The fourth-order valence-electron chi connectivity index (χ4n) is 5.26. The zero-order valence-electron chi connectivity index (χ0n) is 16.2. The van der Waals surface area contributed by atoms with Gasteiger partial charge in [0, 0.05) is 17.5 Å². The molecule has 28 heavy (non-hydrogen) atoms. The number of fused-ring (bicyclic) bond motifs is 2. The van der Waals surface area contributed by atoms with Gasteiger partial charge in [0.25, 0.3) is 0 Å². The third-order valence-corrected chi connectivity index (χ3v) is 6.70. The molecule has 0 bridgehead atoms. The van der Waals surface area contributed by atoms with Crippen LogP contribution in [0.1, 0.15) is 46.3 Å². The third-order valence-electron chi connectivity index (χ3n) is 6.70. The molecule has 5 rings (SSSR count). The Hall–Kier alpha value is -2.33. The Labute approximate surface area is 166 Å². The lowest BCUT2D eigenvalue weighted by Crippen LogP contribution is -2.33. The number of phenols is 1. The average Bonchev–Trinajstić information content (AvgIpc) is 3.19. The summed E-state index contributed by atoms with van der Waals surface area (Å²) in [5.41, 5.74) is 3.89. The van der Waals surface area contributed by atoms with Crippen LogP contribution < -0.4 is 4.74 Å². The Kier molecular flexibility index (Phi) is 4.39. The lowest BCUT2D eigenvalue weighted by molar-refractivity contribution is 0.0831. The van der Waals surface area contributed by atoms with Gasteiger partial charge in [0.1, 0.15) is 18.1 Å². The number of ether oxygens (including phenoxy) is 1. The summed E-state index contributed by atoms with van der Waals surface area (Å²) in [6, 6.07) is 11.5. The van der Waals surface area contributed by atoms with Crippen molar-refractivity contribution in [1.82, 2.24) is 4.90 Å². The fourth-order valence-corrected chi connectivity index (χ4v) is 5.26. The van der Waals surface area contributed by atoms with Crippen molar-refractivity contribution in [1.29, 1.82) is 0 Å². The molecule has 0 amide bonds. The minimum Gasteiger partial charge on any atom is -0.508 e. The Balaban J connectivity index is 1.27. The normalized spacial score (nSPS) is 23.8. The van der Waals surface area contributed by atoms with Crippen molar-refractivity contribution >= 4 is 5.78 Å². The predicted octanol–water partition coefficient (Wildman–Crippen LogP) is 3.78. The number of Topliss-reactive ketones (excluding diaryl/α,β-unsaturated/α-hetero) is 1. The second-order valence-corrected chi connectivity index (χ2v) is 8.66. The van der Waals surface area contributed by atoms with E-state index in [-0.39, 0.29) is 16.9 Å². The molecule has 2 aromatic carbocycles. The van der Waals surface area contributed by atoms with Crippen LogP contribution in [0.4, 0.5) is 0 Å². The van der Waals surface area contributed by atoms with Gasteiger partial charge in [-0.1, -0.05) is 12.5 Å². The summed E-state index contributed by atoms with van der Waals surface area (Å²) in [6.45, 7) is 4.08. The van der Waals surface area contributed by atoms with E-state index in [0.717, 1.165) is 42.7 Å². The lowest BCUT2D eigenvalue weighted by Gasteiger charge is -2.26. The predicted molar refractivity (Wildman–Crippen MR) is 108 cm³/mol. The highest BCUT2D eigenvalue weighted by Crippen LogP contribution is 2.48. The molecule has 0 saturated carbocycles. The number of ketones is 1. The van der Waals surface area contributed by atoms with Gasteiger partial charge in [-0.25, -0.2) is 0 Å². The van der Waals surface area contributed by atoms with E-state index in [1.807, 2.05) is 6.07 Å². The van der Waals surface area contributed by atoms with Crippen LogP contribution in [0, 0.1) is 5.41 Å². The number of likely N-dealkylation sites (tertiary alicyclic amines) is 1. The summed E-state index contributed by atoms with van der Waals surface area (Å²) < 4.78 is 6.03. The van der Waals surface area contributed by atoms with Crippen molar-refractivity contribution < 1.29 is 14.6 Å². The van der Waals surface area contributed by atoms with E-state index < -0.39 is 0 Å². The van der Waals surface area contributed by atoms with E-state index >= 15 is 0 Å². The SMILES string of the molecule is O=C1c2ccc(O)cc2CC12Cc1ccc(OCCN3CCCCC3)cc1C2. The van der Waals surface area contributed by atoms with Crippen LogP contribution in [0.25, 0.3) is 0 Å². The van der Waals surface area contributed by atoms with Crippen LogP contribution >= 0.6 is 0 Å². The van der Waals surface area contributed by atoms with Crippen molar-refractivity contribution in [2.45, 2.75) is 38.5 Å². The Bertz CT molecular complexity index is 916. The van der Waals surface area contributed by atoms with Gasteiger partial charge in [-0.15, -0.1) is 0 Å². The molecule has 4 nitrogen and oxygen atoms in total. The van der Waals surface area contributed by atoms with Crippen LogP contribution in [-0.4, -0.2) is 42.0 Å². The highest BCUT2D eigenvalue weighted by Gasteiger charge is 2.49. The molecule has 1 heterocycles. The summed E-state index contributed by atoms with van der Waals surface area (Å²) in [5, 5.41) is 9.77. The van der Waals surface area contributed by atoms with Gasteiger partial charge in [0.2, 0.25) is 0 Å². The summed E-state index contributed by atoms with van der Waals surface area (Å²) in [4.78, 5) is 15.6. The second-order valence-electron chi connectivity index (χ2n) is 8.66. The molecule has 2 aromatic rings. The third kappa shape index (κ3) is 3.10. The summed E-state index contributed by atoms with van der Waals surface area (Å²) in [7, 11) is 0. The maximum Gasteiger partial charge on any atom is 0.170 e. The molecule has 1 aliphatic heterocycles. The molecule has 2 aliphatic carbocycles. The Morgan fingerprint density at radius 2 is 1.71 bits per heavy atom. The van der Waals surface area contributed by atoms with Gasteiger partial charge in [0.05, 0.1) is 0 Å². The van der Waals surface area contributed by atoms with Crippen molar-refractivity contribution in [3.63, 3.8) is 0 Å². The maximum atomic E-state index is 13.1. The molecule has 1 fully saturated rings. The summed E-state index contributed by atoms with van der Waals surface area (Å²) in [6.07, 6.45) is 6.22. The zero-order valence-corrected chi connectivity index (χ0v) is 16.2.